The molecule has 0 fully saturated rings. The third-order valence-corrected chi connectivity index (χ3v) is 1.56. The zero-order valence-corrected chi connectivity index (χ0v) is 5.07. The quantitative estimate of drug-likeness (QED) is 0.406. The van der Waals surface area contributed by atoms with Crippen LogP contribution in [-0.2, 0) is 0 Å². The highest BCUT2D eigenvalue weighted by molar-refractivity contribution is 5.06. The molecule has 0 aromatic carbocycles. The number of hydrogen-bond donors (Lipinski definition) is 0. The van der Waals surface area contributed by atoms with Crippen molar-refractivity contribution in [1.29, 1.82) is 0 Å². The third kappa shape index (κ3) is 1.05. The Kier molecular flexibility index (Phi) is 1.18. The molecule has 7 heavy (non-hydrogen) atoms. The lowest BCUT2D eigenvalue weighted by atomic mass is 10.2. The SMILES string of the molecule is CC1=CC(C)CC1. The van der Waals surface area contributed by atoms with Gasteiger partial charge in [-0.25, -0.2) is 0 Å². The van der Waals surface area contributed by atoms with Gasteiger partial charge in [0.15, 0.2) is 0 Å². The first-order valence-electron chi connectivity index (χ1n) is 2.96. The van der Waals surface area contributed by atoms with Crippen molar-refractivity contribution in [2.75, 3.05) is 0 Å². The second-order valence-electron chi connectivity index (χ2n) is 2.53. The summed E-state index contributed by atoms with van der Waals surface area (Å²) in [5.41, 5.74) is 1.58. The number of allylic oxidation sites excluding steroid dienone is 2. The van der Waals surface area contributed by atoms with Crippen LogP contribution in [0.3, 0.4) is 0 Å². The van der Waals surface area contributed by atoms with Crippen molar-refractivity contribution in [2.45, 2.75) is 26.7 Å². The molecule has 0 heteroatoms. The summed E-state index contributed by atoms with van der Waals surface area (Å²) in [6.45, 7) is 4.49. The van der Waals surface area contributed by atoms with Crippen molar-refractivity contribution in [2.24, 2.45) is 5.92 Å². The Hall–Kier alpha value is -0.260. The van der Waals surface area contributed by atoms with Crippen LogP contribution in [0.5, 0.6) is 0 Å². The molecule has 1 aliphatic carbocycles. The minimum Gasteiger partial charge on any atom is -0.0828 e. The van der Waals surface area contributed by atoms with Gasteiger partial charge in [-0.1, -0.05) is 18.6 Å². The summed E-state index contributed by atoms with van der Waals surface area (Å²) in [4.78, 5) is 0. The summed E-state index contributed by atoms with van der Waals surface area (Å²) in [6.07, 6.45) is 5.08. The average molecular weight is 96.2 g/mol. The van der Waals surface area contributed by atoms with Crippen LogP contribution in [0.2, 0.25) is 0 Å². The van der Waals surface area contributed by atoms with Gasteiger partial charge >= 0.3 is 0 Å². The predicted molar refractivity (Wildman–Crippen MR) is 32.2 cm³/mol. The largest absolute Gasteiger partial charge is 0.0828 e. The Labute approximate surface area is 45.2 Å². The second-order valence-corrected chi connectivity index (χ2v) is 2.53. The Balaban J connectivity index is 2.50. The van der Waals surface area contributed by atoms with Crippen molar-refractivity contribution < 1.29 is 0 Å². The fourth-order valence-corrected chi connectivity index (χ4v) is 1.11. The van der Waals surface area contributed by atoms with Crippen molar-refractivity contribution in [3.8, 4) is 0 Å². The molecule has 0 radical (unpaired) electrons. The van der Waals surface area contributed by atoms with Gasteiger partial charge in [-0.05, 0) is 25.7 Å². The molecule has 0 amide bonds. The highest BCUT2D eigenvalue weighted by Crippen LogP contribution is 2.21. The molecule has 0 saturated heterocycles. The van der Waals surface area contributed by atoms with E-state index in [1.165, 1.54) is 12.8 Å². The summed E-state index contributed by atoms with van der Waals surface area (Å²) >= 11 is 0. The van der Waals surface area contributed by atoms with Crippen molar-refractivity contribution in [3.05, 3.63) is 11.6 Å². The maximum Gasteiger partial charge on any atom is -0.0256 e. The van der Waals surface area contributed by atoms with Crippen molar-refractivity contribution in [3.63, 3.8) is 0 Å². The molecular weight excluding hydrogens is 84.1 g/mol. The van der Waals surface area contributed by atoms with Crippen LogP contribution in [0, 0.1) is 5.92 Å². The molecule has 0 aliphatic heterocycles. The lowest BCUT2D eigenvalue weighted by Crippen LogP contribution is -1.76. The molecule has 1 atom stereocenters. The van der Waals surface area contributed by atoms with Crippen LogP contribution in [0.25, 0.3) is 0 Å². The topological polar surface area (TPSA) is 0 Å². The van der Waals surface area contributed by atoms with Crippen molar-refractivity contribution in [1.82, 2.24) is 0 Å². The summed E-state index contributed by atoms with van der Waals surface area (Å²) in [5, 5.41) is 0. The van der Waals surface area contributed by atoms with Crippen LogP contribution in [0.4, 0.5) is 0 Å². The van der Waals surface area contributed by atoms with Gasteiger partial charge in [0.1, 0.15) is 0 Å². The van der Waals surface area contributed by atoms with E-state index in [4.69, 9.17) is 0 Å². The lowest BCUT2D eigenvalue weighted by Gasteiger charge is -1.89. The van der Waals surface area contributed by atoms with Gasteiger partial charge in [0.05, 0.1) is 0 Å². The second kappa shape index (κ2) is 1.69. The normalized spacial score (nSPS) is 30.6. The van der Waals surface area contributed by atoms with E-state index < -0.39 is 0 Å². The summed E-state index contributed by atoms with van der Waals surface area (Å²) in [6, 6.07) is 0. The highest BCUT2D eigenvalue weighted by atomic mass is 14.1. The van der Waals surface area contributed by atoms with Gasteiger partial charge in [0, 0.05) is 0 Å². The maximum atomic E-state index is 2.36. The van der Waals surface area contributed by atoms with Gasteiger partial charge in [-0.2, -0.15) is 0 Å². The van der Waals surface area contributed by atoms with Crippen molar-refractivity contribution >= 4 is 0 Å². The van der Waals surface area contributed by atoms with Crippen LogP contribution in [-0.4, -0.2) is 0 Å². The smallest absolute Gasteiger partial charge is 0.0256 e. The zero-order valence-electron chi connectivity index (χ0n) is 5.07. The first kappa shape index (κ1) is 4.89. The molecule has 1 unspecified atom stereocenters. The predicted octanol–water partition coefficient (Wildman–Crippen LogP) is 2.36. The monoisotopic (exact) mass is 96.1 g/mol. The molecule has 0 saturated carbocycles. The molecule has 0 N–H and O–H groups in total. The van der Waals surface area contributed by atoms with E-state index in [2.05, 4.69) is 19.9 Å². The van der Waals surface area contributed by atoms with E-state index in [0.29, 0.717) is 0 Å². The summed E-state index contributed by atoms with van der Waals surface area (Å²) in [5.74, 6) is 0.861. The molecule has 0 bridgehead atoms. The molecule has 0 aromatic heterocycles. The first-order chi connectivity index (χ1) is 3.29. The first-order valence-corrected chi connectivity index (χ1v) is 2.96. The molecule has 0 aromatic rings. The maximum absolute atomic E-state index is 2.36. The zero-order chi connectivity index (χ0) is 5.28. The van der Waals surface area contributed by atoms with Crippen LogP contribution in [0.15, 0.2) is 11.6 Å². The molecule has 0 heterocycles. The van der Waals surface area contributed by atoms with Crippen LogP contribution >= 0.6 is 0 Å². The van der Waals surface area contributed by atoms with Crippen LogP contribution in [0.1, 0.15) is 26.7 Å². The summed E-state index contributed by atoms with van der Waals surface area (Å²) < 4.78 is 0. The lowest BCUT2D eigenvalue weighted by molar-refractivity contribution is 0.698. The standard InChI is InChI=1S/C7H12/c1-6-3-4-7(2)5-6/h5-6H,3-4H2,1-2H3. The Bertz CT molecular complexity index is 90.2. The minimum atomic E-state index is 0.861. The third-order valence-electron chi connectivity index (χ3n) is 1.56. The van der Waals surface area contributed by atoms with E-state index >= 15 is 0 Å². The van der Waals surface area contributed by atoms with Gasteiger partial charge in [0.2, 0.25) is 0 Å². The molecule has 1 aliphatic rings. The minimum absolute atomic E-state index is 0.861. The number of hydrogen-bond acceptors (Lipinski definition) is 0. The molecular formula is C7H12. The van der Waals surface area contributed by atoms with Crippen LogP contribution < -0.4 is 0 Å². The molecule has 0 spiro atoms. The Morgan fingerprint density at radius 3 is 2.57 bits per heavy atom. The van der Waals surface area contributed by atoms with Gasteiger partial charge in [-0.15, -0.1) is 0 Å². The fraction of sp³-hybridized carbons (Fsp3) is 0.714. The molecule has 0 nitrogen and oxygen atoms in total. The van der Waals surface area contributed by atoms with E-state index in [9.17, 15) is 0 Å². The van der Waals surface area contributed by atoms with Gasteiger partial charge in [-0.3, -0.25) is 0 Å². The number of rotatable bonds is 0. The van der Waals surface area contributed by atoms with Gasteiger partial charge in [0.25, 0.3) is 0 Å². The van der Waals surface area contributed by atoms with E-state index in [-0.39, 0.29) is 0 Å². The summed E-state index contributed by atoms with van der Waals surface area (Å²) in [7, 11) is 0. The van der Waals surface area contributed by atoms with E-state index in [1.54, 1.807) is 5.57 Å². The van der Waals surface area contributed by atoms with E-state index in [1.807, 2.05) is 0 Å². The highest BCUT2D eigenvalue weighted by Gasteiger charge is 2.05. The average Bonchev–Trinajstić information content (AvgIpc) is 1.87. The molecule has 40 valence electrons. The Morgan fingerprint density at radius 1 is 1.71 bits per heavy atom. The van der Waals surface area contributed by atoms with E-state index in [0.717, 1.165) is 5.92 Å². The fourth-order valence-electron chi connectivity index (χ4n) is 1.11. The van der Waals surface area contributed by atoms with Gasteiger partial charge < -0.3 is 0 Å². The molecule has 1 rings (SSSR count). The Morgan fingerprint density at radius 2 is 2.43 bits per heavy atom.